The van der Waals surface area contributed by atoms with Gasteiger partial charge in [0.05, 0.1) is 0 Å². The first kappa shape index (κ1) is 5.80. The van der Waals surface area contributed by atoms with Gasteiger partial charge in [-0.05, 0) is 19.3 Å². The maximum absolute atomic E-state index is 10.6. The van der Waals surface area contributed by atoms with Crippen molar-refractivity contribution in [2.24, 2.45) is 11.8 Å². The molecular formula is C7H12O. The Kier molecular flexibility index (Phi) is 1.37. The summed E-state index contributed by atoms with van der Waals surface area (Å²) in [4.78, 5) is 10.6. The summed E-state index contributed by atoms with van der Waals surface area (Å²) >= 11 is 0. The number of hydrogen-bond acceptors (Lipinski definition) is 1. The van der Waals surface area contributed by atoms with Crippen LogP contribution in [0.1, 0.15) is 26.7 Å². The van der Waals surface area contributed by atoms with E-state index in [9.17, 15) is 4.79 Å². The summed E-state index contributed by atoms with van der Waals surface area (Å²) in [6.07, 6.45) is 2.34. The molecule has 1 nitrogen and oxygen atoms in total. The highest BCUT2D eigenvalue weighted by atomic mass is 16.1. The Bertz CT molecular complexity index is 107. The molecule has 0 saturated heterocycles. The minimum atomic E-state index is 0.386. The smallest absolute Gasteiger partial charge is 0.133 e. The lowest BCUT2D eigenvalue weighted by atomic mass is 10.2. The van der Waals surface area contributed by atoms with Crippen molar-refractivity contribution in [1.82, 2.24) is 0 Å². The largest absolute Gasteiger partial charge is 0.300 e. The van der Waals surface area contributed by atoms with Crippen LogP contribution in [-0.4, -0.2) is 5.78 Å². The second-order valence-electron chi connectivity index (χ2n) is 2.62. The third kappa shape index (κ3) is 0.908. The molecule has 1 fully saturated rings. The van der Waals surface area contributed by atoms with Crippen molar-refractivity contribution in [1.29, 1.82) is 0 Å². The van der Waals surface area contributed by atoms with E-state index in [0.29, 0.717) is 11.7 Å². The third-order valence-electron chi connectivity index (χ3n) is 1.97. The first-order chi connectivity index (χ1) is 3.75. The van der Waals surface area contributed by atoms with Crippen molar-refractivity contribution in [3.8, 4) is 0 Å². The first-order valence-electron chi connectivity index (χ1n) is 3.26. The molecule has 0 N–H and O–H groups in total. The van der Waals surface area contributed by atoms with Gasteiger partial charge in [0.2, 0.25) is 0 Å². The van der Waals surface area contributed by atoms with Gasteiger partial charge in [0.25, 0.3) is 0 Å². The Morgan fingerprint density at radius 3 is 2.50 bits per heavy atom. The molecule has 46 valence electrons. The summed E-state index contributed by atoms with van der Waals surface area (Å²) < 4.78 is 0. The lowest BCUT2D eigenvalue weighted by Gasteiger charge is -1.85. The summed E-state index contributed by atoms with van der Waals surface area (Å²) in [6, 6.07) is 0. The van der Waals surface area contributed by atoms with E-state index in [1.807, 2.05) is 0 Å². The molecule has 1 saturated carbocycles. The van der Waals surface area contributed by atoms with Crippen molar-refractivity contribution in [2.75, 3.05) is 0 Å². The van der Waals surface area contributed by atoms with Gasteiger partial charge >= 0.3 is 0 Å². The minimum absolute atomic E-state index is 0.386. The lowest BCUT2D eigenvalue weighted by molar-refractivity contribution is -0.118. The van der Waals surface area contributed by atoms with Crippen LogP contribution in [0.3, 0.4) is 0 Å². The fourth-order valence-corrected chi connectivity index (χ4v) is 1.20. The number of ketones is 1. The molecule has 0 amide bonds. The molecule has 0 spiro atoms. The zero-order valence-corrected chi connectivity index (χ0v) is 5.48. The number of Topliss-reactive ketones (excluding diaryl/α,β-unsaturated/α-hetero) is 1. The zero-order chi connectivity index (χ0) is 6.15. The predicted molar refractivity (Wildman–Crippen MR) is 32.6 cm³/mol. The van der Waals surface area contributed by atoms with Crippen molar-refractivity contribution >= 4 is 5.78 Å². The van der Waals surface area contributed by atoms with Crippen LogP contribution in [0.15, 0.2) is 0 Å². The lowest BCUT2D eigenvalue weighted by Crippen LogP contribution is -1.93. The van der Waals surface area contributed by atoms with E-state index >= 15 is 0 Å². The van der Waals surface area contributed by atoms with Gasteiger partial charge < -0.3 is 0 Å². The highest BCUT2D eigenvalue weighted by molar-refractivity contribution is 5.81. The molecule has 1 unspecified atom stereocenters. The van der Waals surface area contributed by atoms with Crippen LogP contribution < -0.4 is 0 Å². The molecule has 0 aromatic heterocycles. The van der Waals surface area contributed by atoms with Gasteiger partial charge in [-0.1, -0.05) is 13.3 Å². The minimum Gasteiger partial charge on any atom is -0.300 e. The second kappa shape index (κ2) is 1.88. The first-order valence-corrected chi connectivity index (χ1v) is 3.26. The average Bonchev–Trinajstić information content (AvgIpc) is 2.42. The zero-order valence-electron chi connectivity index (χ0n) is 5.48. The van der Waals surface area contributed by atoms with Gasteiger partial charge in [0.1, 0.15) is 5.78 Å². The van der Waals surface area contributed by atoms with E-state index in [4.69, 9.17) is 0 Å². The molecule has 0 aromatic carbocycles. The second-order valence-corrected chi connectivity index (χ2v) is 2.62. The summed E-state index contributed by atoms with van der Waals surface area (Å²) in [6.45, 7) is 3.84. The van der Waals surface area contributed by atoms with Crippen molar-refractivity contribution in [3.63, 3.8) is 0 Å². The van der Waals surface area contributed by atoms with Gasteiger partial charge in [-0.15, -0.1) is 0 Å². The van der Waals surface area contributed by atoms with Crippen LogP contribution in [0, 0.1) is 11.8 Å². The van der Waals surface area contributed by atoms with Crippen LogP contribution in [0.4, 0.5) is 0 Å². The highest BCUT2D eigenvalue weighted by Crippen LogP contribution is 2.41. The molecule has 0 radical (unpaired) electrons. The maximum Gasteiger partial charge on any atom is 0.133 e. The molecular weight excluding hydrogens is 100 g/mol. The number of hydrogen-bond donors (Lipinski definition) is 0. The Morgan fingerprint density at radius 1 is 1.75 bits per heavy atom. The summed E-state index contributed by atoms with van der Waals surface area (Å²) in [5, 5.41) is 0. The van der Waals surface area contributed by atoms with Gasteiger partial charge in [0, 0.05) is 5.92 Å². The Balaban J connectivity index is 2.26. The van der Waals surface area contributed by atoms with Crippen LogP contribution in [0.2, 0.25) is 0 Å². The standard InChI is InChI=1S/C7H12O/c1-3-6-4-7(6)5(2)8/h6-7H,3-4H2,1-2H3/t6-,7?/m1/s1. The molecule has 1 aliphatic carbocycles. The van der Waals surface area contributed by atoms with Crippen molar-refractivity contribution in [3.05, 3.63) is 0 Å². The van der Waals surface area contributed by atoms with Crippen molar-refractivity contribution < 1.29 is 4.79 Å². The molecule has 8 heavy (non-hydrogen) atoms. The van der Waals surface area contributed by atoms with Gasteiger partial charge in [-0.3, -0.25) is 4.79 Å². The molecule has 0 aromatic rings. The predicted octanol–water partition coefficient (Wildman–Crippen LogP) is 1.62. The van der Waals surface area contributed by atoms with Crippen LogP contribution in [-0.2, 0) is 4.79 Å². The van der Waals surface area contributed by atoms with Crippen LogP contribution >= 0.6 is 0 Å². The van der Waals surface area contributed by atoms with E-state index in [0.717, 1.165) is 12.3 Å². The molecule has 0 aliphatic heterocycles. The van der Waals surface area contributed by atoms with E-state index in [2.05, 4.69) is 6.92 Å². The van der Waals surface area contributed by atoms with E-state index < -0.39 is 0 Å². The van der Waals surface area contributed by atoms with Gasteiger partial charge in [-0.25, -0.2) is 0 Å². The molecule has 2 atom stereocenters. The molecule has 1 rings (SSSR count). The Labute approximate surface area is 50.1 Å². The average molecular weight is 112 g/mol. The van der Waals surface area contributed by atoms with Crippen LogP contribution in [0.5, 0.6) is 0 Å². The fraction of sp³-hybridized carbons (Fsp3) is 0.857. The highest BCUT2D eigenvalue weighted by Gasteiger charge is 2.38. The van der Waals surface area contributed by atoms with Gasteiger partial charge in [0.15, 0.2) is 0 Å². The Hall–Kier alpha value is -0.330. The topological polar surface area (TPSA) is 17.1 Å². The number of rotatable bonds is 2. The third-order valence-corrected chi connectivity index (χ3v) is 1.97. The van der Waals surface area contributed by atoms with Crippen LogP contribution in [0.25, 0.3) is 0 Å². The molecule has 1 heteroatoms. The number of carbonyl (C=O) groups is 1. The molecule has 1 aliphatic rings. The molecule has 0 heterocycles. The quantitative estimate of drug-likeness (QED) is 0.530. The normalized spacial score (nSPS) is 34.8. The fourth-order valence-electron chi connectivity index (χ4n) is 1.20. The van der Waals surface area contributed by atoms with Gasteiger partial charge in [-0.2, -0.15) is 0 Å². The molecule has 0 bridgehead atoms. The summed E-state index contributed by atoms with van der Waals surface area (Å²) in [7, 11) is 0. The van der Waals surface area contributed by atoms with E-state index in [1.165, 1.54) is 6.42 Å². The van der Waals surface area contributed by atoms with E-state index in [-0.39, 0.29) is 0 Å². The maximum atomic E-state index is 10.6. The SMILES string of the molecule is CC[C@@H]1CC1C(C)=O. The van der Waals surface area contributed by atoms with Crippen molar-refractivity contribution in [2.45, 2.75) is 26.7 Å². The van der Waals surface area contributed by atoms with E-state index in [1.54, 1.807) is 6.92 Å². The summed E-state index contributed by atoms with van der Waals surface area (Å²) in [5.41, 5.74) is 0. The monoisotopic (exact) mass is 112 g/mol. The number of carbonyl (C=O) groups excluding carboxylic acids is 1. The summed E-state index contributed by atoms with van der Waals surface area (Å²) in [5.74, 6) is 1.57. The Morgan fingerprint density at radius 2 is 2.38 bits per heavy atom.